The van der Waals surface area contributed by atoms with Crippen molar-refractivity contribution in [2.24, 2.45) is 0 Å². The van der Waals surface area contributed by atoms with Gasteiger partial charge in [0.25, 0.3) is 0 Å². The monoisotopic (exact) mass is 413 g/mol. The summed E-state index contributed by atoms with van der Waals surface area (Å²) in [7, 11) is 0. The van der Waals surface area contributed by atoms with E-state index in [1.807, 2.05) is 30.2 Å². The minimum absolute atomic E-state index is 0.00785. The van der Waals surface area contributed by atoms with Gasteiger partial charge in [0.2, 0.25) is 11.8 Å². The predicted molar refractivity (Wildman–Crippen MR) is 115 cm³/mol. The van der Waals surface area contributed by atoms with Crippen molar-refractivity contribution >= 4 is 11.8 Å². The molecule has 1 aromatic heterocycles. The third-order valence-electron chi connectivity index (χ3n) is 6.01. The molecule has 0 N–H and O–H groups in total. The summed E-state index contributed by atoms with van der Waals surface area (Å²) in [6.45, 7) is 5.21. The first kappa shape index (κ1) is 22.1. The molecule has 0 bridgehead atoms. The molecular weight excluding hydrogens is 381 g/mol. The highest BCUT2D eigenvalue weighted by molar-refractivity contribution is 5.84. The Kier molecular flexibility index (Phi) is 7.66. The number of carbonyl (C=O) groups is 2. The molecule has 6 heteroatoms. The highest BCUT2D eigenvalue weighted by atomic mass is 19.1. The number of carbonyl (C=O) groups excluding carboxylic acids is 2. The average molecular weight is 414 g/mol. The largest absolute Gasteiger partial charge is 0.345 e. The zero-order valence-electron chi connectivity index (χ0n) is 18.0. The summed E-state index contributed by atoms with van der Waals surface area (Å²) in [5.41, 5.74) is 2.06. The van der Waals surface area contributed by atoms with Gasteiger partial charge in [0, 0.05) is 37.9 Å². The molecule has 30 heavy (non-hydrogen) atoms. The Balaban J connectivity index is 1.77. The Morgan fingerprint density at radius 1 is 1.10 bits per heavy atom. The molecule has 0 radical (unpaired) electrons. The van der Waals surface area contributed by atoms with E-state index in [2.05, 4.69) is 4.57 Å². The number of benzene rings is 1. The topological polar surface area (TPSA) is 45.6 Å². The normalized spacial score (nSPS) is 14.5. The van der Waals surface area contributed by atoms with Gasteiger partial charge in [-0.3, -0.25) is 9.59 Å². The lowest BCUT2D eigenvalue weighted by Gasteiger charge is -2.36. The van der Waals surface area contributed by atoms with Crippen LogP contribution in [0.5, 0.6) is 0 Å². The molecule has 0 spiro atoms. The number of hydrogen-bond acceptors (Lipinski definition) is 2. The molecule has 0 atom stereocenters. The van der Waals surface area contributed by atoms with E-state index in [9.17, 15) is 14.0 Å². The minimum atomic E-state index is -0.244. The molecule has 0 unspecified atom stereocenters. The molecule has 2 aromatic rings. The first-order valence-corrected chi connectivity index (χ1v) is 10.9. The Bertz CT molecular complexity index is 840. The summed E-state index contributed by atoms with van der Waals surface area (Å²) in [4.78, 5) is 28.6. The van der Waals surface area contributed by atoms with E-state index in [0.717, 1.165) is 36.9 Å². The molecule has 1 saturated carbocycles. The molecule has 1 aliphatic carbocycles. The number of rotatable bonds is 8. The third-order valence-corrected chi connectivity index (χ3v) is 6.01. The van der Waals surface area contributed by atoms with Crippen LogP contribution in [0.4, 0.5) is 4.39 Å². The predicted octanol–water partition coefficient (Wildman–Crippen LogP) is 4.21. The highest BCUT2D eigenvalue weighted by Crippen LogP contribution is 2.25. The van der Waals surface area contributed by atoms with Gasteiger partial charge >= 0.3 is 0 Å². The van der Waals surface area contributed by atoms with E-state index >= 15 is 0 Å². The molecule has 3 rings (SSSR count). The lowest BCUT2D eigenvalue weighted by atomic mass is 9.94. The van der Waals surface area contributed by atoms with Gasteiger partial charge < -0.3 is 14.4 Å². The van der Waals surface area contributed by atoms with Crippen LogP contribution < -0.4 is 0 Å². The van der Waals surface area contributed by atoms with Crippen LogP contribution in [0.1, 0.15) is 57.2 Å². The van der Waals surface area contributed by atoms with Crippen molar-refractivity contribution in [3.05, 3.63) is 59.7 Å². The fourth-order valence-corrected chi connectivity index (χ4v) is 4.22. The number of halogens is 1. The maximum Gasteiger partial charge on any atom is 0.242 e. The van der Waals surface area contributed by atoms with Crippen molar-refractivity contribution in [2.45, 2.75) is 65.1 Å². The first-order chi connectivity index (χ1) is 14.5. The van der Waals surface area contributed by atoms with E-state index in [4.69, 9.17) is 0 Å². The molecule has 162 valence electrons. The van der Waals surface area contributed by atoms with Crippen LogP contribution in [0.15, 0.2) is 42.6 Å². The van der Waals surface area contributed by atoms with Gasteiger partial charge in [0.05, 0.1) is 13.1 Å². The fraction of sp³-hybridized carbons (Fsp3) is 0.500. The van der Waals surface area contributed by atoms with Gasteiger partial charge in [-0.25, -0.2) is 4.39 Å². The van der Waals surface area contributed by atoms with Crippen LogP contribution in [-0.4, -0.2) is 45.3 Å². The molecule has 2 amide bonds. The third kappa shape index (κ3) is 5.71. The van der Waals surface area contributed by atoms with Crippen molar-refractivity contribution < 1.29 is 14.0 Å². The van der Waals surface area contributed by atoms with E-state index < -0.39 is 0 Å². The minimum Gasteiger partial charge on any atom is -0.345 e. The molecule has 0 saturated heterocycles. The van der Waals surface area contributed by atoms with Crippen LogP contribution in [-0.2, 0) is 22.7 Å². The summed E-state index contributed by atoms with van der Waals surface area (Å²) in [6.07, 6.45) is 7.50. The van der Waals surface area contributed by atoms with Gasteiger partial charge in [-0.05, 0) is 49.6 Å². The van der Waals surface area contributed by atoms with E-state index in [0.29, 0.717) is 19.6 Å². The van der Waals surface area contributed by atoms with Crippen molar-refractivity contribution in [1.29, 1.82) is 0 Å². The van der Waals surface area contributed by atoms with Gasteiger partial charge in [0.1, 0.15) is 5.82 Å². The molecule has 1 fully saturated rings. The summed E-state index contributed by atoms with van der Waals surface area (Å²) < 4.78 is 15.3. The Hall–Kier alpha value is -2.63. The number of nitrogens with zero attached hydrogens (tertiary/aromatic N) is 3. The van der Waals surface area contributed by atoms with Crippen molar-refractivity contribution in [2.75, 3.05) is 13.1 Å². The number of likely N-dealkylation sites (N-methyl/N-ethyl adjacent to an activating group) is 1. The SMILES string of the molecule is CCN(CC(=O)N(Cc1cccn1Cc1ccc(F)cc1)C1CCCCC1)C(C)=O. The second-order valence-electron chi connectivity index (χ2n) is 8.10. The van der Waals surface area contributed by atoms with Crippen LogP contribution in [0.25, 0.3) is 0 Å². The Morgan fingerprint density at radius 2 is 1.80 bits per heavy atom. The summed E-state index contributed by atoms with van der Waals surface area (Å²) in [6, 6.07) is 10.7. The van der Waals surface area contributed by atoms with Crippen molar-refractivity contribution in [3.8, 4) is 0 Å². The standard InChI is InChI=1S/C24H32FN3O2/c1-3-26(19(2)29)18-24(30)28(22-8-5-4-6-9-22)17-23-10-7-15-27(23)16-20-11-13-21(25)14-12-20/h7,10-15,22H,3-6,8-9,16-18H2,1-2H3. The summed E-state index contributed by atoms with van der Waals surface area (Å²) >= 11 is 0. The van der Waals surface area contributed by atoms with Crippen LogP contribution in [0, 0.1) is 5.82 Å². The van der Waals surface area contributed by atoms with Gasteiger partial charge in [-0.15, -0.1) is 0 Å². The summed E-state index contributed by atoms with van der Waals surface area (Å²) in [5, 5.41) is 0. The number of amides is 2. The average Bonchev–Trinajstić information content (AvgIpc) is 3.18. The fourth-order valence-electron chi connectivity index (χ4n) is 4.22. The lowest BCUT2D eigenvalue weighted by molar-refractivity contribution is -0.141. The first-order valence-electron chi connectivity index (χ1n) is 10.9. The number of hydrogen-bond donors (Lipinski definition) is 0. The quantitative estimate of drug-likeness (QED) is 0.651. The highest BCUT2D eigenvalue weighted by Gasteiger charge is 2.27. The van der Waals surface area contributed by atoms with E-state index in [1.165, 1.54) is 25.5 Å². The van der Waals surface area contributed by atoms with Crippen molar-refractivity contribution in [1.82, 2.24) is 14.4 Å². The second-order valence-corrected chi connectivity index (χ2v) is 8.10. The Labute approximate surface area is 178 Å². The smallest absolute Gasteiger partial charge is 0.242 e. The van der Waals surface area contributed by atoms with Gasteiger partial charge in [-0.2, -0.15) is 0 Å². The molecule has 0 aliphatic heterocycles. The zero-order valence-corrected chi connectivity index (χ0v) is 18.0. The molecule has 5 nitrogen and oxygen atoms in total. The Morgan fingerprint density at radius 3 is 2.43 bits per heavy atom. The summed E-state index contributed by atoms with van der Waals surface area (Å²) in [5.74, 6) is -0.311. The lowest BCUT2D eigenvalue weighted by Crippen LogP contribution is -2.47. The maximum absolute atomic E-state index is 13.2. The van der Waals surface area contributed by atoms with Crippen LogP contribution in [0.3, 0.4) is 0 Å². The molecule has 1 aromatic carbocycles. The van der Waals surface area contributed by atoms with Crippen LogP contribution >= 0.6 is 0 Å². The zero-order chi connectivity index (χ0) is 21.5. The van der Waals surface area contributed by atoms with Gasteiger partial charge in [0.15, 0.2) is 0 Å². The van der Waals surface area contributed by atoms with Gasteiger partial charge in [-0.1, -0.05) is 31.4 Å². The van der Waals surface area contributed by atoms with Crippen molar-refractivity contribution in [3.63, 3.8) is 0 Å². The molecular formula is C24H32FN3O2. The van der Waals surface area contributed by atoms with E-state index in [-0.39, 0.29) is 30.2 Å². The molecule has 1 aliphatic rings. The number of aromatic nitrogens is 1. The van der Waals surface area contributed by atoms with E-state index in [1.54, 1.807) is 17.0 Å². The second kappa shape index (κ2) is 10.4. The van der Waals surface area contributed by atoms with Crippen LogP contribution in [0.2, 0.25) is 0 Å². The molecule has 1 heterocycles. The maximum atomic E-state index is 13.2.